The Bertz CT molecular complexity index is 1040. The zero-order valence-electron chi connectivity index (χ0n) is 16.9. The molecule has 0 aliphatic heterocycles. The molecule has 1 aliphatic rings. The van der Waals surface area contributed by atoms with Crippen LogP contribution in [0.2, 0.25) is 0 Å². The van der Waals surface area contributed by atoms with Gasteiger partial charge in [0.05, 0.1) is 16.8 Å². The third-order valence-electron chi connectivity index (χ3n) is 6.03. The van der Waals surface area contributed by atoms with Crippen molar-refractivity contribution in [2.45, 2.75) is 44.6 Å². The van der Waals surface area contributed by atoms with Gasteiger partial charge in [0.2, 0.25) is 5.91 Å². The number of rotatable bonds is 5. The first-order valence-electron chi connectivity index (χ1n) is 10.2. The lowest BCUT2D eigenvalue weighted by Gasteiger charge is -2.23. The molecular formula is C23H27N3O3. The van der Waals surface area contributed by atoms with Crippen molar-refractivity contribution in [1.82, 2.24) is 14.5 Å². The summed E-state index contributed by atoms with van der Waals surface area (Å²) in [7, 11) is 3.49. The third-order valence-corrected chi connectivity index (χ3v) is 6.03. The number of fused-ring (bicyclic) bond motifs is 1. The van der Waals surface area contributed by atoms with Crippen LogP contribution in [0.25, 0.3) is 22.2 Å². The normalized spacial score (nSPS) is 15.0. The van der Waals surface area contributed by atoms with Crippen LogP contribution in [0.5, 0.6) is 0 Å². The van der Waals surface area contributed by atoms with Gasteiger partial charge in [-0.1, -0.05) is 25.3 Å². The summed E-state index contributed by atoms with van der Waals surface area (Å²) in [6.45, 7) is 0.180. The number of nitrogens with zero attached hydrogens (tertiary/aromatic N) is 2. The van der Waals surface area contributed by atoms with Crippen LogP contribution in [0.4, 0.5) is 0 Å². The maximum atomic E-state index is 12.7. The molecule has 6 heteroatoms. The first-order chi connectivity index (χ1) is 14.0. The molecule has 2 aromatic heterocycles. The lowest BCUT2D eigenvalue weighted by Crippen LogP contribution is -2.26. The van der Waals surface area contributed by atoms with Gasteiger partial charge in [0.25, 0.3) is 0 Å². The van der Waals surface area contributed by atoms with Gasteiger partial charge in [-0.2, -0.15) is 0 Å². The predicted molar refractivity (Wildman–Crippen MR) is 113 cm³/mol. The summed E-state index contributed by atoms with van der Waals surface area (Å²) in [5.74, 6) is -0.557. The summed E-state index contributed by atoms with van der Waals surface area (Å²) in [5, 5.41) is 10.6. The molecular weight excluding hydrogens is 366 g/mol. The SMILES string of the molecule is CN(C)C(=O)Cn1c(-c2cc[nH]c2)c(C2CCCCC2)c2ccc(C(=O)O)cc21. The zero-order valence-corrected chi connectivity index (χ0v) is 16.9. The summed E-state index contributed by atoms with van der Waals surface area (Å²) in [4.78, 5) is 29.0. The van der Waals surface area contributed by atoms with E-state index in [1.165, 1.54) is 24.8 Å². The number of amides is 1. The number of carbonyl (C=O) groups is 2. The maximum Gasteiger partial charge on any atom is 0.335 e. The molecule has 4 rings (SSSR count). The second-order valence-corrected chi connectivity index (χ2v) is 8.11. The van der Waals surface area contributed by atoms with E-state index in [0.29, 0.717) is 5.92 Å². The van der Waals surface area contributed by atoms with Gasteiger partial charge in [0.1, 0.15) is 6.54 Å². The Morgan fingerprint density at radius 3 is 2.55 bits per heavy atom. The minimum Gasteiger partial charge on any atom is -0.478 e. The fourth-order valence-corrected chi connectivity index (χ4v) is 4.54. The second-order valence-electron chi connectivity index (χ2n) is 8.11. The molecule has 0 bridgehead atoms. The van der Waals surface area contributed by atoms with Crippen molar-refractivity contribution < 1.29 is 14.7 Å². The van der Waals surface area contributed by atoms with E-state index in [1.807, 2.05) is 29.1 Å². The molecule has 3 aromatic rings. The molecule has 1 saturated carbocycles. The molecule has 0 unspecified atom stereocenters. The van der Waals surface area contributed by atoms with Crippen molar-refractivity contribution in [2.75, 3.05) is 14.1 Å². The highest BCUT2D eigenvalue weighted by Crippen LogP contribution is 2.44. The molecule has 2 heterocycles. The molecule has 0 radical (unpaired) electrons. The summed E-state index contributed by atoms with van der Waals surface area (Å²) in [6.07, 6.45) is 9.75. The number of carboxylic acid groups (broad SMARTS) is 1. The molecule has 1 aliphatic carbocycles. The molecule has 1 fully saturated rings. The van der Waals surface area contributed by atoms with Gasteiger partial charge in [-0.05, 0) is 42.5 Å². The largest absolute Gasteiger partial charge is 0.478 e. The number of hydrogen-bond acceptors (Lipinski definition) is 2. The number of nitrogens with one attached hydrogen (secondary N) is 1. The van der Waals surface area contributed by atoms with Crippen molar-refractivity contribution in [3.8, 4) is 11.3 Å². The Morgan fingerprint density at radius 1 is 1.17 bits per heavy atom. The minimum atomic E-state index is -0.957. The number of H-pyrrole nitrogens is 1. The van der Waals surface area contributed by atoms with E-state index in [2.05, 4.69) is 4.98 Å². The molecule has 29 heavy (non-hydrogen) atoms. The Hall–Kier alpha value is -3.02. The fraction of sp³-hybridized carbons (Fsp3) is 0.391. The van der Waals surface area contributed by atoms with E-state index in [1.54, 1.807) is 31.1 Å². The van der Waals surface area contributed by atoms with Gasteiger partial charge < -0.3 is 19.6 Å². The van der Waals surface area contributed by atoms with Crippen LogP contribution in [0.15, 0.2) is 36.7 Å². The Labute approximate surface area is 170 Å². The van der Waals surface area contributed by atoms with E-state index >= 15 is 0 Å². The van der Waals surface area contributed by atoms with E-state index in [0.717, 1.165) is 35.0 Å². The molecule has 6 nitrogen and oxygen atoms in total. The first-order valence-corrected chi connectivity index (χ1v) is 10.2. The van der Waals surface area contributed by atoms with E-state index in [-0.39, 0.29) is 18.0 Å². The molecule has 1 aromatic carbocycles. The average Bonchev–Trinajstić information content (AvgIpc) is 3.34. The fourth-order valence-electron chi connectivity index (χ4n) is 4.54. The van der Waals surface area contributed by atoms with Gasteiger partial charge in [-0.15, -0.1) is 0 Å². The number of aromatic amines is 1. The lowest BCUT2D eigenvalue weighted by molar-refractivity contribution is -0.129. The van der Waals surface area contributed by atoms with Crippen LogP contribution in [0, 0.1) is 0 Å². The molecule has 2 N–H and O–H groups in total. The van der Waals surface area contributed by atoms with Crippen LogP contribution in [0.3, 0.4) is 0 Å². The van der Waals surface area contributed by atoms with Crippen LogP contribution >= 0.6 is 0 Å². The zero-order chi connectivity index (χ0) is 20.5. The Balaban J connectivity index is 2.01. The number of carbonyl (C=O) groups excluding carboxylic acids is 1. The number of aromatic carboxylic acids is 1. The van der Waals surface area contributed by atoms with E-state index < -0.39 is 5.97 Å². The summed E-state index contributed by atoms with van der Waals surface area (Å²) < 4.78 is 2.01. The van der Waals surface area contributed by atoms with Gasteiger partial charge in [0.15, 0.2) is 0 Å². The number of carboxylic acids is 1. The minimum absolute atomic E-state index is 0.0189. The second kappa shape index (κ2) is 7.78. The molecule has 0 saturated heterocycles. The lowest BCUT2D eigenvalue weighted by atomic mass is 9.82. The van der Waals surface area contributed by atoms with Crippen molar-refractivity contribution >= 4 is 22.8 Å². The first kappa shape index (κ1) is 19.3. The summed E-state index contributed by atoms with van der Waals surface area (Å²) in [6, 6.07) is 7.34. The highest BCUT2D eigenvalue weighted by Gasteiger charge is 2.28. The van der Waals surface area contributed by atoms with Crippen LogP contribution < -0.4 is 0 Å². The van der Waals surface area contributed by atoms with Gasteiger partial charge in [0, 0.05) is 37.4 Å². The average molecular weight is 393 g/mol. The topological polar surface area (TPSA) is 78.3 Å². The number of aromatic nitrogens is 2. The predicted octanol–water partition coefficient (Wildman–Crippen LogP) is 4.47. The highest BCUT2D eigenvalue weighted by molar-refractivity contribution is 5.99. The van der Waals surface area contributed by atoms with Crippen LogP contribution in [-0.2, 0) is 11.3 Å². The smallest absolute Gasteiger partial charge is 0.335 e. The quantitative estimate of drug-likeness (QED) is 0.671. The third kappa shape index (κ3) is 3.55. The summed E-state index contributed by atoms with van der Waals surface area (Å²) in [5.41, 5.74) is 4.38. The van der Waals surface area contributed by atoms with E-state index in [9.17, 15) is 14.7 Å². The molecule has 0 atom stereocenters. The van der Waals surface area contributed by atoms with Gasteiger partial charge >= 0.3 is 5.97 Å². The molecule has 1 amide bonds. The van der Waals surface area contributed by atoms with E-state index in [4.69, 9.17) is 0 Å². The number of hydrogen-bond donors (Lipinski definition) is 2. The molecule has 152 valence electrons. The summed E-state index contributed by atoms with van der Waals surface area (Å²) >= 11 is 0. The standard InChI is InChI=1S/C23H27N3O3/c1-25(2)20(27)14-26-19-12-16(23(28)29)8-9-18(19)21(15-6-4-3-5-7-15)22(26)17-10-11-24-13-17/h8-13,15,24H,3-7,14H2,1-2H3,(H,28,29). The number of benzene rings is 1. The Kier molecular flexibility index (Phi) is 5.18. The van der Waals surface area contributed by atoms with Crippen LogP contribution in [-0.4, -0.2) is 45.5 Å². The van der Waals surface area contributed by atoms with Crippen molar-refractivity contribution in [3.05, 3.63) is 47.8 Å². The monoisotopic (exact) mass is 393 g/mol. The van der Waals surface area contributed by atoms with Gasteiger partial charge in [-0.3, -0.25) is 4.79 Å². The van der Waals surface area contributed by atoms with Crippen molar-refractivity contribution in [3.63, 3.8) is 0 Å². The molecule has 0 spiro atoms. The van der Waals surface area contributed by atoms with Crippen LogP contribution in [0.1, 0.15) is 53.9 Å². The van der Waals surface area contributed by atoms with Crippen molar-refractivity contribution in [1.29, 1.82) is 0 Å². The van der Waals surface area contributed by atoms with Crippen molar-refractivity contribution in [2.24, 2.45) is 0 Å². The Morgan fingerprint density at radius 2 is 1.93 bits per heavy atom. The number of likely N-dealkylation sites (N-methyl/N-ethyl adjacent to an activating group) is 1. The highest BCUT2D eigenvalue weighted by atomic mass is 16.4. The van der Waals surface area contributed by atoms with Gasteiger partial charge in [-0.25, -0.2) is 4.79 Å². The maximum absolute atomic E-state index is 12.7.